The molecule has 0 unspecified atom stereocenters. The lowest BCUT2D eigenvalue weighted by Gasteiger charge is -2.13. The van der Waals surface area contributed by atoms with Crippen LogP contribution in [0.2, 0.25) is 0 Å². The van der Waals surface area contributed by atoms with Crippen LogP contribution in [0.15, 0.2) is 51.7 Å². The maximum absolute atomic E-state index is 13.0. The van der Waals surface area contributed by atoms with Crippen LogP contribution in [0.5, 0.6) is 5.75 Å². The summed E-state index contributed by atoms with van der Waals surface area (Å²) < 4.78 is 49.4. The van der Waals surface area contributed by atoms with Crippen molar-refractivity contribution in [2.75, 3.05) is 14.1 Å². The molecule has 5 nitrogen and oxygen atoms in total. The first kappa shape index (κ1) is 19.5. The Labute approximate surface area is 157 Å². The number of benzene rings is 2. The van der Waals surface area contributed by atoms with E-state index in [1.165, 1.54) is 43.3 Å². The monoisotopic (exact) mass is 391 g/mol. The minimum absolute atomic E-state index is 0.0524. The quantitative estimate of drug-likeness (QED) is 0.586. The number of aryl methyl sites for hydroxylation is 1. The molecule has 0 fully saturated rings. The highest BCUT2D eigenvalue weighted by Gasteiger charge is 2.31. The Morgan fingerprint density at radius 3 is 2.46 bits per heavy atom. The van der Waals surface area contributed by atoms with Crippen LogP contribution in [0.1, 0.15) is 11.1 Å². The maximum atomic E-state index is 13.0. The molecular formula is C20H16F3NO4. The molecule has 8 heteroatoms. The number of ether oxygens (including phenoxy) is 1. The molecule has 0 radical (unpaired) electrons. The van der Waals surface area contributed by atoms with Gasteiger partial charge in [0, 0.05) is 25.5 Å². The number of fused-ring (bicyclic) bond motifs is 1. The van der Waals surface area contributed by atoms with E-state index in [4.69, 9.17) is 9.15 Å². The molecule has 3 rings (SSSR count). The molecule has 0 aliphatic rings. The fourth-order valence-electron chi connectivity index (χ4n) is 2.78. The van der Waals surface area contributed by atoms with E-state index in [2.05, 4.69) is 0 Å². The normalized spacial score (nSPS) is 11.5. The standard InChI is InChI=1S/C20H16F3NO4/c1-11-15-8-7-14(27-19(26)24(2)3)10-16(15)28-18(25)17(11)12-5-4-6-13(9-12)20(21,22)23/h4-10H,1-3H3. The minimum atomic E-state index is -4.52. The fraction of sp³-hybridized carbons (Fsp3) is 0.200. The summed E-state index contributed by atoms with van der Waals surface area (Å²) in [6.45, 7) is 1.63. The summed E-state index contributed by atoms with van der Waals surface area (Å²) in [4.78, 5) is 25.4. The molecule has 0 aliphatic carbocycles. The Morgan fingerprint density at radius 2 is 1.82 bits per heavy atom. The van der Waals surface area contributed by atoms with Gasteiger partial charge in [-0.15, -0.1) is 0 Å². The van der Waals surface area contributed by atoms with Crippen LogP contribution in [-0.4, -0.2) is 25.1 Å². The van der Waals surface area contributed by atoms with Gasteiger partial charge in [-0.25, -0.2) is 9.59 Å². The van der Waals surface area contributed by atoms with Crippen molar-refractivity contribution < 1.29 is 27.1 Å². The van der Waals surface area contributed by atoms with E-state index in [0.717, 1.165) is 12.1 Å². The molecule has 146 valence electrons. The fourth-order valence-corrected chi connectivity index (χ4v) is 2.78. The molecule has 3 aromatic rings. The van der Waals surface area contributed by atoms with Crippen molar-refractivity contribution >= 4 is 17.1 Å². The molecule has 2 aromatic carbocycles. The molecule has 0 spiro atoms. The third kappa shape index (κ3) is 3.71. The van der Waals surface area contributed by atoms with Gasteiger partial charge in [-0.05, 0) is 42.3 Å². The smallest absolute Gasteiger partial charge is 0.416 e. The molecule has 0 atom stereocenters. The van der Waals surface area contributed by atoms with Gasteiger partial charge < -0.3 is 14.1 Å². The van der Waals surface area contributed by atoms with E-state index in [9.17, 15) is 22.8 Å². The van der Waals surface area contributed by atoms with Crippen molar-refractivity contribution in [2.45, 2.75) is 13.1 Å². The maximum Gasteiger partial charge on any atom is 0.416 e. The summed E-state index contributed by atoms with van der Waals surface area (Å²) in [5.41, 5.74) is -0.823. The van der Waals surface area contributed by atoms with Crippen LogP contribution in [-0.2, 0) is 6.18 Å². The van der Waals surface area contributed by atoms with Crippen molar-refractivity contribution in [1.29, 1.82) is 0 Å². The predicted molar refractivity (Wildman–Crippen MR) is 97.4 cm³/mol. The number of carbonyl (C=O) groups is 1. The van der Waals surface area contributed by atoms with E-state index in [0.29, 0.717) is 10.9 Å². The van der Waals surface area contributed by atoms with Crippen LogP contribution in [0.3, 0.4) is 0 Å². The highest BCUT2D eigenvalue weighted by molar-refractivity contribution is 5.88. The van der Waals surface area contributed by atoms with Gasteiger partial charge in [0.1, 0.15) is 11.3 Å². The second kappa shape index (κ2) is 7.03. The number of hydrogen-bond acceptors (Lipinski definition) is 4. The Bertz CT molecular complexity index is 1120. The molecule has 1 heterocycles. The van der Waals surface area contributed by atoms with Crippen molar-refractivity contribution in [3.05, 3.63) is 64.0 Å². The van der Waals surface area contributed by atoms with Gasteiger partial charge >= 0.3 is 17.9 Å². The van der Waals surface area contributed by atoms with Crippen molar-refractivity contribution in [3.8, 4) is 16.9 Å². The molecule has 1 amide bonds. The Kier molecular flexibility index (Phi) is 4.89. The largest absolute Gasteiger partial charge is 0.422 e. The van der Waals surface area contributed by atoms with E-state index >= 15 is 0 Å². The van der Waals surface area contributed by atoms with E-state index in [1.807, 2.05) is 0 Å². The van der Waals surface area contributed by atoms with Gasteiger partial charge in [0.15, 0.2) is 0 Å². The summed E-state index contributed by atoms with van der Waals surface area (Å²) in [5.74, 6) is 0.181. The van der Waals surface area contributed by atoms with Crippen LogP contribution >= 0.6 is 0 Å². The third-order valence-electron chi connectivity index (χ3n) is 4.19. The average Bonchev–Trinajstić information content (AvgIpc) is 2.61. The average molecular weight is 391 g/mol. The second-order valence-electron chi connectivity index (χ2n) is 6.39. The van der Waals surface area contributed by atoms with E-state index < -0.39 is 23.5 Å². The lowest BCUT2D eigenvalue weighted by Crippen LogP contribution is -2.25. The van der Waals surface area contributed by atoms with Crippen LogP contribution in [0.25, 0.3) is 22.1 Å². The highest BCUT2D eigenvalue weighted by atomic mass is 19.4. The molecule has 1 aromatic heterocycles. The molecule has 0 saturated heterocycles. The molecule has 0 N–H and O–H groups in total. The SMILES string of the molecule is Cc1c(-c2cccc(C(F)(F)F)c2)c(=O)oc2cc(OC(=O)N(C)C)ccc12. The van der Waals surface area contributed by atoms with Gasteiger partial charge in [0.25, 0.3) is 0 Å². The number of alkyl halides is 3. The zero-order valence-electron chi connectivity index (χ0n) is 15.3. The van der Waals surface area contributed by atoms with Gasteiger partial charge in [-0.3, -0.25) is 0 Å². The Morgan fingerprint density at radius 1 is 1.11 bits per heavy atom. The number of rotatable bonds is 2. The molecule has 28 heavy (non-hydrogen) atoms. The van der Waals surface area contributed by atoms with Crippen LogP contribution in [0.4, 0.5) is 18.0 Å². The summed E-state index contributed by atoms with van der Waals surface area (Å²) in [6, 6.07) is 9.01. The zero-order chi connectivity index (χ0) is 20.6. The first-order chi connectivity index (χ1) is 13.1. The predicted octanol–water partition coefficient (Wildman–Crippen LogP) is 4.85. The summed E-state index contributed by atoms with van der Waals surface area (Å²) in [7, 11) is 3.05. The highest BCUT2D eigenvalue weighted by Crippen LogP contribution is 2.34. The lowest BCUT2D eigenvalue weighted by atomic mass is 9.98. The van der Waals surface area contributed by atoms with E-state index in [-0.39, 0.29) is 22.5 Å². The molecule has 0 aliphatic heterocycles. The molecule has 0 bridgehead atoms. The van der Waals surface area contributed by atoms with Gasteiger partial charge in [-0.1, -0.05) is 12.1 Å². The Balaban J connectivity index is 2.12. The number of halogens is 3. The number of nitrogens with zero attached hydrogens (tertiary/aromatic N) is 1. The molecule has 0 saturated carbocycles. The summed E-state index contributed by atoms with van der Waals surface area (Å²) >= 11 is 0. The van der Waals surface area contributed by atoms with Crippen LogP contribution in [0, 0.1) is 6.92 Å². The van der Waals surface area contributed by atoms with Gasteiger partial charge in [0.05, 0.1) is 11.1 Å². The minimum Gasteiger partial charge on any atom is -0.422 e. The zero-order valence-corrected chi connectivity index (χ0v) is 15.3. The van der Waals surface area contributed by atoms with Crippen LogP contribution < -0.4 is 10.4 Å². The summed E-state index contributed by atoms with van der Waals surface area (Å²) in [5, 5.41) is 0.525. The third-order valence-corrected chi connectivity index (χ3v) is 4.19. The van der Waals surface area contributed by atoms with Gasteiger partial charge in [0.2, 0.25) is 0 Å². The van der Waals surface area contributed by atoms with Crippen molar-refractivity contribution in [3.63, 3.8) is 0 Å². The summed E-state index contributed by atoms with van der Waals surface area (Å²) in [6.07, 6.45) is -5.12. The Hall–Kier alpha value is -3.29. The number of carbonyl (C=O) groups excluding carboxylic acids is 1. The van der Waals surface area contributed by atoms with E-state index in [1.54, 1.807) is 13.0 Å². The lowest BCUT2D eigenvalue weighted by molar-refractivity contribution is -0.137. The van der Waals surface area contributed by atoms with Crippen molar-refractivity contribution in [1.82, 2.24) is 4.90 Å². The number of hydrogen-bond donors (Lipinski definition) is 0. The topological polar surface area (TPSA) is 59.8 Å². The van der Waals surface area contributed by atoms with Crippen molar-refractivity contribution in [2.24, 2.45) is 0 Å². The second-order valence-corrected chi connectivity index (χ2v) is 6.39. The first-order valence-electron chi connectivity index (χ1n) is 8.22. The van der Waals surface area contributed by atoms with Gasteiger partial charge in [-0.2, -0.15) is 13.2 Å². The molecular weight excluding hydrogens is 375 g/mol. The first-order valence-corrected chi connectivity index (χ1v) is 8.22. The number of amides is 1.